The number of nitrogens with one attached hydrogen (secondary N) is 1. The molecule has 0 saturated heterocycles. The molecule has 3 heteroatoms. The van der Waals surface area contributed by atoms with Crippen LogP contribution in [0.5, 0.6) is 0 Å². The average Bonchev–Trinajstić information content (AvgIpc) is 1.83. The fourth-order valence-corrected chi connectivity index (χ4v) is 0.696. The molecule has 0 aromatic rings. The molecule has 0 heterocycles. The number of halogens is 1. The van der Waals surface area contributed by atoms with Gasteiger partial charge in [-0.1, -0.05) is 29.5 Å². The largest absolute Gasteiger partial charge is 0.328 e. The Morgan fingerprint density at radius 3 is 2.75 bits per heavy atom. The van der Waals surface area contributed by atoms with Crippen LogP contribution >= 0.6 is 22.6 Å². The SMILES string of the molecule is CCCN[C@H](I)CN. The number of hydrogen-bond acceptors (Lipinski definition) is 2. The van der Waals surface area contributed by atoms with Gasteiger partial charge in [0, 0.05) is 6.54 Å². The lowest BCUT2D eigenvalue weighted by Gasteiger charge is -2.06. The molecule has 0 aliphatic rings. The fourth-order valence-electron chi connectivity index (χ4n) is 0.384. The van der Waals surface area contributed by atoms with Gasteiger partial charge >= 0.3 is 0 Å². The first-order valence-corrected chi connectivity index (χ1v) is 4.13. The molecule has 1 atom stereocenters. The Labute approximate surface area is 64.4 Å². The highest BCUT2D eigenvalue weighted by atomic mass is 127. The zero-order chi connectivity index (χ0) is 6.41. The maximum absolute atomic E-state index is 5.34. The number of nitrogens with two attached hydrogens (primary N) is 1. The maximum atomic E-state index is 5.34. The van der Waals surface area contributed by atoms with Crippen molar-refractivity contribution in [2.45, 2.75) is 17.4 Å². The third kappa shape index (κ3) is 4.80. The third-order valence-electron chi connectivity index (χ3n) is 0.823. The monoisotopic (exact) mass is 228 g/mol. The maximum Gasteiger partial charge on any atom is 0.0717 e. The molecule has 50 valence electrons. The highest BCUT2D eigenvalue weighted by molar-refractivity contribution is 14.1. The van der Waals surface area contributed by atoms with Crippen molar-refractivity contribution in [2.75, 3.05) is 13.1 Å². The summed E-state index contributed by atoms with van der Waals surface area (Å²) in [6.45, 7) is 3.94. The van der Waals surface area contributed by atoms with E-state index in [1.165, 1.54) is 6.42 Å². The second-order valence-electron chi connectivity index (χ2n) is 1.66. The quantitative estimate of drug-likeness (QED) is 0.422. The minimum Gasteiger partial charge on any atom is -0.328 e. The predicted octanol–water partition coefficient (Wildman–Crippen LogP) is 0.706. The molecule has 0 spiro atoms. The van der Waals surface area contributed by atoms with Crippen LogP contribution in [0.4, 0.5) is 0 Å². The van der Waals surface area contributed by atoms with Gasteiger partial charge < -0.3 is 11.1 Å². The van der Waals surface area contributed by atoms with Crippen LogP contribution in [0.3, 0.4) is 0 Å². The molecule has 8 heavy (non-hydrogen) atoms. The summed E-state index contributed by atoms with van der Waals surface area (Å²) < 4.78 is 0.451. The van der Waals surface area contributed by atoms with Gasteiger partial charge in [-0.15, -0.1) is 0 Å². The van der Waals surface area contributed by atoms with Crippen molar-refractivity contribution >= 4 is 22.6 Å². The molecular weight excluding hydrogens is 215 g/mol. The smallest absolute Gasteiger partial charge is 0.0717 e. The Morgan fingerprint density at radius 1 is 1.75 bits per heavy atom. The summed E-state index contributed by atoms with van der Waals surface area (Å²) >= 11 is 2.29. The summed E-state index contributed by atoms with van der Waals surface area (Å²) in [5.74, 6) is 0. The molecule has 0 radical (unpaired) electrons. The highest BCUT2D eigenvalue weighted by Gasteiger charge is 1.94. The van der Waals surface area contributed by atoms with Gasteiger partial charge in [0.1, 0.15) is 0 Å². The molecule has 0 aliphatic carbocycles. The van der Waals surface area contributed by atoms with Gasteiger partial charge in [0.25, 0.3) is 0 Å². The van der Waals surface area contributed by atoms with Crippen molar-refractivity contribution < 1.29 is 0 Å². The first-order chi connectivity index (χ1) is 3.81. The zero-order valence-corrected chi connectivity index (χ0v) is 7.31. The molecule has 0 aromatic carbocycles. The van der Waals surface area contributed by atoms with Crippen LogP contribution in [0.1, 0.15) is 13.3 Å². The van der Waals surface area contributed by atoms with Crippen molar-refractivity contribution in [3.8, 4) is 0 Å². The van der Waals surface area contributed by atoms with Gasteiger partial charge in [0.2, 0.25) is 0 Å². The van der Waals surface area contributed by atoms with Crippen LogP contribution in [0.25, 0.3) is 0 Å². The Balaban J connectivity index is 2.86. The van der Waals surface area contributed by atoms with Crippen LogP contribution in [0.2, 0.25) is 0 Å². The van der Waals surface area contributed by atoms with E-state index in [1.54, 1.807) is 0 Å². The summed E-state index contributed by atoms with van der Waals surface area (Å²) in [6, 6.07) is 0. The highest BCUT2D eigenvalue weighted by Crippen LogP contribution is 1.90. The van der Waals surface area contributed by atoms with Crippen molar-refractivity contribution in [2.24, 2.45) is 5.73 Å². The van der Waals surface area contributed by atoms with Crippen LogP contribution < -0.4 is 11.1 Å². The van der Waals surface area contributed by atoms with Crippen LogP contribution in [-0.4, -0.2) is 17.1 Å². The summed E-state index contributed by atoms with van der Waals surface area (Å²) in [5.41, 5.74) is 5.34. The lowest BCUT2D eigenvalue weighted by Crippen LogP contribution is -2.30. The lowest BCUT2D eigenvalue weighted by atomic mass is 10.5. The van der Waals surface area contributed by atoms with E-state index in [0.717, 1.165) is 13.1 Å². The molecule has 0 amide bonds. The normalized spacial score (nSPS) is 13.9. The first kappa shape index (κ1) is 8.65. The van der Waals surface area contributed by atoms with Crippen LogP contribution in [0.15, 0.2) is 0 Å². The van der Waals surface area contributed by atoms with Crippen molar-refractivity contribution in [1.82, 2.24) is 5.32 Å². The Hall–Kier alpha value is 0.650. The summed E-state index contributed by atoms with van der Waals surface area (Å²) in [4.78, 5) is 0. The van der Waals surface area contributed by atoms with E-state index in [4.69, 9.17) is 5.73 Å². The zero-order valence-electron chi connectivity index (χ0n) is 5.15. The van der Waals surface area contributed by atoms with Gasteiger partial charge in [-0.2, -0.15) is 0 Å². The van der Waals surface area contributed by atoms with E-state index in [-0.39, 0.29) is 0 Å². The topological polar surface area (TPSA) is 38.0 Å². The number of alkyl halides is 1. The Morgan fingerprint density at radius 2 is 2.38 bits per heavy atom. The second-order valence-corrected chi connectivity index (χ2v) is 3.16. The van der Waals surface area contributed by atoms with E-state index in [1.807, 2.05) is 0 Å². The van der Waals surface area contributed by atoms with E-state index in [0.29, 0.717) is 4.05 Å². The molecule has 0 fully saturated rings. The van der Waals surface area contributed by atoms with Gasteiger partial charge in [0.05, 0.1) is 4.05 Å². The van der Waals surface area contributed by atoms with Gasteiger partial charge in [-0.3, -0.25) is 0 Å². The number of hydrogen-bond donors (Lipinski definition) is 2. The molecule has 0 unspecified atom stereocenters. The standard InChI is InChI=1S/C5H13IN2/c1-2-3-8-5(6)4-7/h5,8H,2-4,7H2,1H3/t5-/m0/s1. The average molecular weight is 228 g/mol. The van der Waals surface area contributed by atoms with Gasteiger partial charge in [-0.25, -0.2) is 0 Å². The summed E-state index contributed by atoms with van der Waals surface area (Å²) in [6.07, 6.45) is 1.18. The number of rotatable bonds is 4. The first-order valence-electron chi connectivity index (χ1n) is 2.88. The molecular formula is C5H13IN2. The minimum atomic E-state index is 0.451. The predicted molar refractivity (Wildman–Crippen MR) is 45.2 cm³/mol. The lowest BCUT2D eigenvalue weighted by molar-refractivity contribution is 0.660. The van der Waals surface area contributed by atoms with Crippen LogP contribution in [0, 0.1) is 0 Å². The van der Waals surface area contributed by atoms with Crippen molar-refractivity contribution in [3.63, 3.8) is 0 Å². The van der Waals surface area contributed by atoms with E-state index >= 15 is 0 Å². The molecule has 3 N–H and O–H groups in total. The molecule has 0 aliphatic heterocycles. The van der Waals surface area contributed by atoms with E-state index < -0.39 is 0 Å². The minimum absolute atomic E-state index is 0.451. The Kier molecular flexibility index (Phi) is 6.25. The van der Waals surface area contributed by atoms with Gasteiger partial charge in [0.15, 0.2) is 0 Å². The van der Waals surface area contributed by atoms with E-state index in [2.05, 4.69) is 34.8 Å². The Bertz CT molecular complexity index is 49.7. The second kappa shape index (κ2) is 5.78. The van der Waals surface area contributed by atoms with Crippen molar-refractivity contribution in [1.29, 1.82) is 0 Å². The summed E-state index contributed by atoms with van der Waals surface area (Å²) in [5, 5.41) is 3.24. The fraction of sp³-hybridized carbons (Fsp3) is 1.00. The van der Waals surface area contributed by atoms with E-state index in [9.17, 15) is 0 Å². The van der Waals surface area contributed by atoms with Gasteiger partial charge in [-0.05, 0) is 13.0 Å². The molecule has 0 saturated carbocycles. The van der Waals surface area contributed by atoms with Crippen LogP contribution in [-0.2, 0) is 0 Å². The molecule has 2 nitrogen and oxygen atoms in total. The van der Waals surface area contributed by atoms with Crippen molar-refractivity contribution in [3.05, 3.63) is 0 Å². The molecule has 0 bridgehead atoms. The molecule has 0 aromatic heterocycles. The third-order valence-corrected chi connectivity index (χ3v) is 1.77. The summed E-state index contributed by atoms with van der Waals surface area (Å²) in [7, 11) is 0. The molecule has 0 rings (SSSR count).